The summed E-state index contributed by atoms with van der Waals surface area (Å²) in [6, 6.07) is 6.18. The quantitative estimate of drug-likeness (QED) is 0.824. The first-order valence-electron chi connectivity index (χ1n) is 5.38. The van der Waals surface area contributed by atoms with Crippen LogP contribution in [-0.2, 0) is 0 Å². The molecule has 1 rings (SSSR count). The molecule has 0 amide bonds. The van der Waals surface area contributed by atoms with Crippen LogP contribution in [0.3, 0.4) is 0 Å². The highest BCUT2D eigenvalue weighted by Crippen LogP contribution is 2.29. The molecule has 0 aliphatic rings. The molecule has 2 heteroatoms. The van der Waals surface area contributed by atoms with Crippen molar-refractivity contribution >= 4 is 0 Å². The van der Waals surface area contributed by atoms with Gasteiger partial charge in [-0.1, -0.05) is 32.9 Å². The van der Waals surface area contributed by atoms with Gasteiger partial charge < -0.3 is 9.84 Å². The van der Waals surface area contributed by atoms with E-state index in [1.54, 1.807) is 7.11 Å². The molecule has 1 N–H and O–H groups in total. The molecule has 0 radical (unpaired) electrons. The number of methoxy groups -OCH3 is 1. The molecule has 1 aromatic carbocycles. The van der Waals surface area contributed by atoms with E-state index in [4.69, 9.17) is 9.84 Å². The first-order chi connectivity index (χ1) is 7.10. The van der Waals surface area contributed by atoms with Gasteiger partial charge in [-0.3, -0.25) is 0 Å². The van der Waals surface area contributed by atoms with Gasteiger partial charge in [-0.2, -0.15) is 0 Å². The molecule has 0 bridgehead atoms. The van der Waals surface area contributed by atoms with E-state index in [1.807, 2.05) is 13.0 Å². The molecule has 0 spiro atoms. The van der Waals surface area contributed by atoms with Gasteiger partial charge in [0.25, 0.3) is 0 Å². The van der Waals surface area contributed by atoms with Crippen molar-refractivity contribution < 1.29 is 9.84 Å². The van der Waals surface area contributed by atoms with Gasteiger partial charge in [0.1, 0.15) is 5.75 Å². The van der Waals surface area contributed by atoms with Gasteiger partial charge in [-0.15, -0.1) is 0 Å². The van der Waals surface area contributed by atoms with Crippen molar-refractivity contribution in [2.75, 3.05) is 13.7 Å². The minimum atomic E-state index is 0.167. The molecule has 2 nitrogen and oxygen atoms in total. The van der Waals surface area contributed by atoms with E-state index in [9.17, 15) is 0 Å². The summed E-state index contributed by atoms with van der Waals surface area (Å²) in [5, 5.41) is 9.09. The number of benzene rings is 1. The van der Waals surface area contributed by atoms with Gasteiger partial charge in [0.05, 0.1) is 7.11 Å². The molecular weight excluding hydrogens is 188 g/mol. The van der Waals surface area contributed by atoms with Gasteiger partial charge in [-0.25, -0.2) is 0 Å². The van der Waals surface area contributed by atoms with Gasteiger partial charge in [-0.05, 0) is 23.1 Å². The lowest BCUT2D eigenvalue weighted by Crippen LogP contribution is -2.01. The van der Waals surface area contributed by atoms with Crippen LogP contribution >= 0.6 is 0 Å². The van der Waals surface area contributed by atoms with Crippen molar-refractivity contribution in [3.05, 3.63) is 29.3 Å². The third-order valence-electron chi connectivity index (χ3n) is 2.72. The second-order valence-electron chi connectivity index (χ2n) is 4.24. The van der Waals surface area contributed by atoms with Crippen molar-refractivity contribution in [2.45, 2.75) is 32.6 Å². The zero-order valence-corrected chi connectivity index (χ0v) is 9.95. The van der Waals surface area contributed by atoms with Crippen molar-refractivity contribution in [3.63, 3.8) is 0 Å². The fourth-order valence-corrected chi connectivity index (χ4v) is 1.62. The zero-order chi connectivity index (χ0) is 11.4. The third-order valence-corrected chi connectivity index (χ3v) is 2.72. The van der Waals surface area contributed by atoms with E-state index >= 15 is 0 Å². The number of hydrogen-bond donors (Lipinski definition) is 1. The highest BCUT2D eigenvalue weighted by Gasteiger charge is 2.10. The summed E-state index contributed by atoms with van der Waals surface area (Å²) >= 11 is 0. The van der Waals surface area contributed by atoms with E-state index in [2.05, 4.69) is 26.0 Å². The van der Waals surface area contributed by atoms with E-state index < -0.39 is 0 Å². The van der Waals surface area contributed by atoms with Crippen LogP contribution in [0.4, 0.5) is 0 Å². The number of aliphatic hydroxyl groups is 1. The topological polar surface area (TPSA) is 29.5 Å². The molecule has 1 unspecified atom stereocenters. The van der Waals surface area contributed by atoms with Crippen molar-refractivity contribution in [2.24, 2.45) is 0 Å². The van der Waals surface area contributed by atoms with Gasteiger partial charge in [0, 0.05) is 12.5 Å². The average Bonchev–Trinajstić information content (AvgIpc) is 2.26. The molecular formula is C13H20O2. The maximum absolute atomic E-state index is 9.09. The highest BCUT2D eigenvalue weighted by atomic mass is 16.5. The fraction of sp³-hybridized carbons (Fsp3) is 0.538. The minimum Gasteiger partial charge on any atom is -0.496 e. The number of rotatable bonds is 4. The molecule has 84 valence electrons. The Morgan fingerprint density at radius 2 is 1.93 bits per heavy atom. The molecule has 0 saturated carbocycles. The van der Waals surface area contributed by atoms with Crippen LogP contribution < -0.4 is 4.74 Å². The van der Waals surface area contributed by atoms with Crippen molar-refractivity contribution in [1.29, 1.82) is 0 Å². The Morgan fingerprint density at radius 1 is 1.27 bits per heavy atom. The first kappa shape index (κ1) is 12.1. The summed E-state index contributed by atoms with van der Waals surface area (Å²) < 4.78 is 5.36. The Hall–Kier alpha value is -1.02. The summed E-state index contributed by atoms with van der Waals surface area (Å²) in [6.45, 7) is 6.47. The van der Waals surface area contributed by atoms with Gasteiger partial charge in [0.15, 0.2) is 0 Å². The Labute approximate surface area is 91.9 Å². The third kappa shape index (κ3) is 2.72. The smallest absolute Gasteiger partial charge is 0.122 e. The summed E-state index contributed by atoms with van der Waals surface area (Å²) in [6.07, 6.45) is 0. The van der Waals surface area contributed by atoms with E-state index in [0.29, 0.717) is 5.92 Å². The SMILES string of the molecule is COc1cc(C(C)CO)ccc1C(C)C. The molecule has 0 fully saturated rings. The van der Waals surface area contributed by atoms with E-state index in [-0.39, 0.29) is 12.5 Å². The molecule has 0 saturated heterocycles. The molecule has 1 aromatic rings. The second-order valence-corrected chi connectivity index (χ2v) is 4.24. The van der Waals surface area contributed by atoms with Crippen molar-refractivity contribution in [3.8, 4) is 5.75 Å². The predicted octanol–water partition coefficient (Wildman–Crippen LogP) is 2.91. The van der Waals surface area contributed by atoms with Crippen LogP contribution in [0.25, 0.3) is 0 Å². The first-order valence-corrected chi connectivity index (χ1v) is 5.38. The van der Waals surface area contributed by atoms with Gasteiger partial charge >= 0.3 is 0 Å². The summed E-state index contributed by atoms with van der Waals surface area (Å²) in [5.41, 5.74) is 2.34. The zero-order valence-electron chi connectivity index (χ0n) is 9.95. The Morgan fingerprint density at radius 3 is 2.40 bits per heavy atom. The monoisotopic (exact) mass is 208 g/mol. The number of aliphatic hydroxyl groups excluding tert-OH is 1. The summed E-state index contributed by atoms with van der Waals surface area (Å²) in [4.78, 5) is 0. The summed E-state index contributed by atoms with van der Waals surface area (Å²) in [7, 11) is 1.69. The van der Waals surface area contributed by atoms with Crippen LogP contribution in [0.5, 0.6) is 5.75 Å². The van der Waals surface area contributed by atoms with Crippen LogP contribution in [0, 0.1) is 0 Å². The minimum absolute atomic E-state index is 0.167. The lowest BCUT2D eigenvalue weighted by atomic mass is 9.95. The lowest BCUT2D eigenvalue weighted by molar-refractivity contribution is 0.272. The standard InChI is InChI=1S/C13H20O2/c1-9(2)12-6-5-11(10(3)8-14)7-13(12)15-4/h5-7,9-10,14H,8H2,1-4H3. The van der Waals surface area contributed by atoms with Crippen LogP contribution in [0.1, 0.15) is 43.7 Å². The van der Waals surface area contributed by atoms with Gasteiger partial charge in [0.2, 0.25) is 0 Å². The number of hydrogen-bond acceptors (Lipinski definition) is 2. The maximum atomic E-state index is 9.09. The average molecular weight is 208 g/mol. The molecule has 0 heterocycles. The van der Waals surface area contributed by atoms with E-state index in [1.165, 1.54) is 5.56 Å². The van der Waals surface area contributed by atoms with Crippen LogP contribution in [-0.4, -0.2) is 18.8 Å². The van der Waals surface area contributed by atoms with E-state index in [0.717, 1.165) is 11.3 Å². The summed E-state index contributed by atoms with van der Waals surface area (Å²) in [5.74, 6) is 1.54. The Bertz CT molecular complexity index is 318. The van der Waals surface area contributed by atoms with Crippen LogP contribution in [0.15, 0.2) is 18.2 Å². The van der Waals surface area contributed by atoms with Crippen LogP contribution in [0.2, 0.25) is 0 Å². The molecule has 1 atom stereocenters. The lowest BCUT2D eigenvalue weighted by Gasteiger charge is -2.15. The second kappa shape index (κ2) is 5.17. The highest BCUT2D eigenvalue weighted by molar-refractivity contribution is 5.40. The molecule has 0 aliphatic heterocycles. The Balaban J connectivity index is 3.07. The molecule has 0 aromatic heterocycles. The number of ether oxygens (including phenoxy) is 1. The largest absolute Gasteiger partial charge is 0.496 e. The predicted molar refractivity (Wildman–Crippen MR) is 62.6 cm³/mol. The molecule has 15 heavy (non-hydrogen) atoms. The molecule has 0 aliphatic carbocycles. The van der Waals surface area contributed by atoms with Crippen molar-refractivity contribution in [1.82, 2.24) is 0 Å². The Kier molecular flexibility index (Phi) is 4.15. The maximum Gasteiger partial charge on any atom is 0.122 e. The fourth-order valence-electron chi connectivity index (χ4n) is 1.62. The normalized spacial score (nSPS) is 12.9.